The van der Waals surface area contributed by atoms with Gasteiger partial charge in [0.25, 0.3) is 0 Å². The number of nitrogens with zero attached hydrogens (tertiary/aromatic N) is 5. The lowest BCUT2D eigenvalue weighted by Crippen LogP contribution is -2.17. The van der Waals surface area contributed by atoms with E-state index in [-0.39, 0.29) is 0 Å². The minimum absolute atomic E-state index is 0.325. The molecule has 0 aliphatic heterocycles. The number of rotatable bonds is 2. The van der Waals surface area contributed by atoms with Crippen LogP contribution in [0.1, 0.15) is 30.0 Å². The third-order valence-corrected chi connectivity index (χ3v) is 4.86. The zero-order chi connectivity index (χ0) is 15.9. The van der Waals surface area contributed by atoms with E-state index in [4.69, 9.17) is 0 Å². The molecule has 5 rings (SSSR count). The van der Waals surface area contributed by atoms with E-state index in [1.54, 1.807) is 10.7 Å². The van der Waals surface area contributed by atoms with Gasteiger partial charge < -0.3 is 4.57 Å². The molecular weight excluding hydrogens is 298 g/mol. The van der Waals surface area contributed by atoms with E-state index in [0.29, 0.717) is 6.04 Å². The first kappa shape index (κ1) is 13.5. The zero-order valence-corrected chi connectivity index (χ0v) is 13.2. The average molecular weight is 315 g/mol. The van der Waals surface area contributed by atoms with Crippen LogP contribution < -0.4 is 0 Å². The largest absolute Gasteiger partial charge is 0.323 e. The molecule has 3 aromatic heterocycles. The Kier molecular flexibility index (Phi) is 2.98. The molecule has 0 N–H and O–H groups in total. The Balaban J connectivity index is 1.67. The fourth-order valence-electron chi connectivity index (χ4n) is 3.78. The molecule has 0 saturated heterocycles. The maximum Gasteiger partial charge on any atom is 0.165 e. The van der Waals surface area contributed by atoms with Gasteiger partial charge >= 0.3 is 0 Å². The van der Waals surface area contributed by atoms with Gasteiger partial charge in [-0.15, -0.1) is 0 Å². The van der Waals surface area contributed by atoms with Gasteiger partial charge in [0.05, 0.1) is 17.8 Å². The highest BCUT2D eigenvalue weighted by molar-refractivity contribution is 5.72. The Morgan fingerprint density at radius 2 is 1.96 bits per heavy atom. The first-order chi connectivity index (χ1) is 11.9. The molecule has 0 bridgehead atoms. The van der Waals surface area contributed by atoms with Gasteiger partial charge in [-0.05, 0) is 36.5 Å². The van der Waals surface area contributed by atoms with Gasteiger partial charge in [0, 0.05) is 24.8 Å². The third-order valence-electron chi connectivity index (χ3n) is 4.86. The number of fused-ring (bicyclic) bond motifs is 2. The average Bonchev–Trinajstić information content (AvgIpc) is 3.27. The Hall–Kier alpha value is -2.95. The summed E-state index contributed by atoms with van der Waals surface area (Å²) in [4.78, 5) is 9.10. The van der Waals surface area contributed by atoms with Crippen molar-refractivity contribution in [2.45, 2.75) is 25.3 Å². The molecule has 0 fully saturated rings. The quantitative estimate of drug-likeness (QED) is 0.568. The van der Waals surface area contributed by atoms with Crippen molar-refractivity contribution < 1.29 is 0 Å². The molecule has 1 aromatic carbocycles. The molecule has 1 aliphatic rings. The molecule has 24 heavy (non-hydrogen) atoms. The monoisotopic (exact) mass is 315 g/mol. The predicted octanol–water partition coefficient (Wildman–Crippen LogP) is 3.52. The molecule has 1 unspecified atom stereocenters. The Morgan fingerprint density at radius 3 is 2.96 bits per heavy atom. The second kappa shape index (κ2) is 5.30. The molecule has 0 spiro atoms. The van der Waals surface area contributed by atoms with Crippen molar-refractivity contribution in [2.75, 3.05) is 0 Å². The lowest BCUT2D eigenvalue weighted by molar-refractivity contribution is 0.493. The van der Waals surface area contributed by atoms with Gasteiger partial charge in [-0.3, -0.25) is 0 Å². The SMILES string of the molecule is c1ccc2c(c1)CCCC2n1ccnc1-c1cnn2cccnc12. The van der Waals surface area contributed by atoms with Crippen LogP contribution in [-0.2, 0) is 6.42 Å². The van der Waals surface area contributed by atoms with Crippen molar-refractivity contribution in [3.05, 3.63) is 72.4 Å². The highest BCUT2D eigenvalue weighted by Crippen LogP contribution is 2.35. The van der Waals surface area contributed by atoms with E-state index in [0.717, 1.165) is 29.9 Å². The van der Waals surface area contributed by atoms with Crippen LogP contribution in [0.15, 0.2) is 61.3 Å². The van der Waals surface area contributed by atoms with E-state index >= 15 is 0 Å². The Morgan fingerprint density at radius 1 is 1.00 bits per heavy atom. The van der Waals surface area contributed by atoms with Crippen LogP contribution in [0.2, 0.25) is 0 Å². The number of hydrogen-bond donors (Lipinski definition) is 0. The summed E-state index contributed by atoms with van der Waals surface area (Å²) in [5.74, 6) is 0.936. The van der Waals surface area contributed by atoms with Crippen LogP contribution in [0.25, 0.3) is 17.0 Å². The fraction of sp³-hybridized carbons (Fsp3) is 0.211. The third kappa shape index (κ3) is 1.98. The lowest BCUT2D eigenvalue weighted by atomic mass is 9.87. The second-order valence-electron chi connectivity index (χ2n) is 6.21. The van der Waals surface area contributed by atoms with Crippen molar-refractivity contribution in [1.82, 2.24) is 24.1 Å². The van der Waals surface area contributed by atoms with Crippen LogP contribution >= 0.6 is 0 Å². The second-order valence-corrected chi connectivity index (χ2v) is 6.21. The molecule has 3 heterocycles. The van der Waals surface area contributed by atoms with Gasteiger partial charge in [-0.2, -0.15) is 5.10 Å². The van der Waals surface area contributed by atoms with Gasteiger partial charge in [0.1, 0.15) is 5.82 Å². The fourth-order valence-corrected chi connectivity index (χ4v) is 3.78. The highest BCUT2D eigenvalue weighted by atomic mass is 15.2. The summed E-state index contributed by atoms with van der Waals surface area (Å²) in [5.41, 5.74) is 4.68. The minimum atomic E-state index is 0.325. The summed E-state index contributed by atoms with van der Waals surface area (Å²) in [6, 6.07) is 11.0. The van der Waals surface area contributed by atoms with Crippen LogP contribution in [0.4, 0.5) is 0 Å². The molecule has 1 atom stereocenters. The number of hydrogen-bond acceptors (Lipinski definition) is 3. The first-order valence-electron chi connectivity index (χ1n) is 8.31. The van der Waals surface area contributed by atoms with Gasteiger partial charge in [0.2, 0.25) is 0 Å². The molecule has 1 aliphatic carbocycles. The van der Waals surface area contributed by atoms with Crippen LogP contribution in [0, 0.1) is 0 Å². The van der Waals surface area contributed by atoms with Crippen molar-refractivity contribution in [1.29, 1.82) is 0 Å². The van der Waals surface area contributed by atoms with E-state index < -0.39 is 0 Å². The van der Waals surface area contributed by atoms with Gasteiger partial charge in [-0.1, -0.05) is 24.3 Å². The van der Waals surface area contributed by atoms with Gasteiger partial charge in [-0.25, -0.2) is 14.5 Å². The van der Waals surface area contributed by atoms with Crippen molar-refractivity contribution in [3.63, 3.8) is 0 Å². The Labute approximate surface area is 139 Å². The van der Waals surface area contributed by atoms with E-state index in [1.165, 1.54) is 17.5 Å². The molecule has 0 radical (unpaired) electrons. The van der Waals surface area contributed by atoms with E-state index in [2.05, 4.69) is 50.1 Å². The molecule has 0 saturated carbocycles. The number of imidazole rings is 1. The van der Waals surface area contributed by atoms with Crippen LogP contribution in [-0.4, -0.2) is 24.1 Å². The van der Waals surface area contributed by atoms with Crippen molar-refractivity contribution >= 4 is 5.65 Å². The summed E-state index contributed by atoms with van der Waals surface area (Å²) < 4.78 is 4.08. The maximum absolute atomic E-state index is 4.63. The normalized spacial score (nSPS) is 17.1. The minimum Gasteiger partial charge on any atom is -0.323 e. The molecule has 5 nitrogen and oxygen atoms in total. The van der Waals surface area contributed by atoms with Crippen LogP contribution in [0.3, 0.4) is 0 Å². The number of aryl methyl sites for hydroxylation is 1. The molecule has 118 valence electrons. The highest BCUT2D eigenvalue weighted by Gasteiger charge is 2.24. The molecule has 5 heteroatoms. The summed E-state index contributed by atoms with van der Waals surface area (Å²) >= 11 is 0. The molecular formula is C19H17N5. The summed E-state index contributed by atoms with van der Waals surface area (Å²) in [6.07, 6.45) is 13.0. The number of benzene rings is 1. The lowest BCUT2D eigenvalue weighted by Gasteiger charge is -2.27. The van der Waals surface area contributed by atoms with Crippen molar-refractivity contribution in [2.24, 2.45) is 0 Å². The van der Waals surface area contributed by atoms with E-state index in [9.17, 15) is 0 Å². The Bertz CT molecular complexity index is 1010. The summed E-state index contributed by atoms with van der Waals surface area (Å²) in [5, 5.41) is 4.41. The first-order valence-corrected chi connectivity index (χ1v) is 8.31. The van der Waals surface area contributed by atoms with Crippen molar-refractivity contribution in [3.8, 4) is 11.4 Å². The topological polar surface area (TPSA) is 48.0 Å². The standard InChI is InChI=1S/C19H17N5/c1-2-7-15-14(5-1)6-3-8-17(15)23-12-10-21-18(23)16-13-22-24-11-4-9-20-19(16)24/h1-2,4-5,7,9-13,17H,3,6,8H2. The smallest absolute Gasteiger partial charge is 0.165 e. The van der Waals surface area contributed by atoms with E-state index in [1.807, 2.05) is 24.7 Å². The summed E-state index contributed by atoms with van der Waals surface area (Å²) in [6.45, 7) is 0. The van der Waals surface area contributed by atoms with Gasteiger partial charge in [0.15, 0.2) is 5.65 Å². The zero-order valence-electron chi connectivity index (χ0n) is 13.2. The summed E-state index contributed by atoms with van der Waals surface area (Å²) in [7, 11) is 0. The predicted molar refractivity (Wildman–Crippen MR) is 91.7 cm³/mol. The molecule has 4 aromatic rings. The maximum atomic E-state index is 4.63. The molecule has 0 amide bonds. The number of aromatic nitrogens is 5. The van der Waals surface area contributed by atoms with Crippen LogP contribution in [0.5, 0.6) is 0 Å².